The smallest absolute Gasteiger partial charge is 0.0231 e. The lowest BCUT2D eigenvalue weighted by Gasteiger charge is -2.08. The first kappa shape index (κ1) is 8.74. The molecule has 0 saturated carbocycles. The van der Waals surface area contributed by atoms with Crippen LogP contribution in [0.1, 0.15) is 40.0 Å². The maximum Gasteiger partial charge on any atom is -0.0231 e. The van der Waals surface area contributed by atoms with Gasteiger partial charge in [0.05, 0.1) is 0 Å². The molecule has 1 unspecified atom stereocenters. The van der Waals surface area contributed by atoms with Gasteiger partial charge in [-0.15, -0.1) is 0 Å². The van der Waals surface area contributed by atoms with Gasteiger partial charge in [-0.3, -0.25) is 0 Å². The predicted molar refractivity (Wildman–Crippen MR) is 42.2 cm³/mol. The second kappa shape index (κ2) is 4.60. The average Bonchev–Trinajstić information content (AvgIpc) is 1.82. The molecule has 0 bridgehead atoms. The van der Waals surface area contributed by atoms with Gasteiger partial charge in [-0.2, -0.15) is 0 Å². The summed E-state index contributed by atoms with van der Waals surface area (Å²) in [4.78, 5) is 0. The third kappa shape index (κ3) is 4.26. The summed E-state index contributed by atoms with van der Waals surface area (Å²) in [6, 6.07) is 0. The minimum absolute atomic E-state index is 0.616. The molecule has 0 spiro atoms. The van der Waals surface area contributed by atoms with Crippen LogP contribution in [0.4, 0.5) is 0 Å². The quantitative estimate of drug-likeness (QED) is 0.541. The number of hydrogen-bond acceptors (Lipinski definition) is 0. The Hall–Kier alpha value is -0.260. The maximum absolute atomic E-state index is 5.59. The van der Waals surface area contributed by atoms with E-state index < -0.39 is 0 Å². The van der Waals surface area contributed by atoms with Crippen LogP contribution in [0, 0.1) is 12.5 Å². The van der Waals surface area contributed by atoms with Gasteiger partial charge in [-0.05, 0) is 19.3 Å². The van der Waals surface area contributed by atoms with Crippen LogP contribution in [0.5, 0.6) is 0 Å². The Kier molecular flexibility index (Phi) is 4.47. The molecule has 1 atom stereocenters. The van der Waals surface area contributed by atoms with Crippen LogP contribution in [0.15, 0.2) is 5.57 Å². The summed E-state index contributed by atoms with van der Waals surface area (Å²) < 4.78 is 0. The van der Waals surface area contributed by atoms with E-state index in [1.165, 1.54) is 19.3 Å². The molecule has 0 N–H and O–H groups in total. The van der Waals surface area contributed by atoms with E-state index in [2.05, 4.69) is 13.8 Å². The van der Waals surface area contributed by atoms with Crippen molar-refractivity contribution in [1.29, 1.82) is 0 Å². The van der Waals surface area contributed by atoms with Crippen molar-refractivity contribution in [2.45, 2.75) is 40.0 Å². The number of allylic oxidation sites excluding steroid dienone is 1. The van der Waals surface area contributed by atoms with Gasteiger partial charge in [0.25, 0.3) is 0 Å². The standard InChI is InChI=1S/C9H17/c1-5-6-7-9(4)8(2)3/h2,9H,5-7H2,1,3-4H3. The molecule has 0 rings (SSSR count). The average molecular weight is 125 g/mol. The van der Waals surface area contributed by atoms with Crippen LogP contribution in [0.25, 0.3) is 0 Å². The van der Waals surface area contributed by atoms with Crippen molar-refractivity contribution in [2.75, 3.05) is 0 Å². The summed E-state index contributed by atoms with van der Waals surface area (Å²) in [7, 11) is 0. The fourth-order valence-corrected chi connectivity index (χ4v) is 0.738. The highest BCUT2D eigenvalue weighted by molar-refractivity contribution is 4.90. The Morgan fingerprint density at radius 2 is 2.11 bits per heavy atom. The molecule has 0 aliphatic rings. The second-order valence-electron chi connectivity index (χ2n) is 2.79. The monoisotopic (exact) mass is 125 g/mol. The molecule has 0 amide bonds. The summed E-state index contributed by atoms with van der Waals surface area (Å²) in [6.45, 7) is 12.0. The van der Waals surface area contributed by atoms with Crippen molar-refractivity contribution in [3.05, 3.63) is 12.2 Å². The van der Waals surface area contributed by atoms with Crippen molar-refractivity contribution in [3.8, 4) is 0 Å². The van der Waals surface area contributed by atoms with E-state index in [4.69, 9.17) is 6.58 Å². The van der Waals surface area contributed by atoms with Crippen molar-refractivity contribution in [2.24, 2.45) is 5.92 Å². The molecular formula is C9H17. The SMILES string of the molecule is [CH]=C(C)C(C)CCCC. The number of unbranched alkanes of at least 4 members (excludes halogenated alkanes) is 1. The fraction of sp³-hybridized carbons (Fsp3) is 0.778. The van der Waals surface area contributed by atoms with Crippen molar-refractivity contribution < 1.29 is 0 Å². The Morgan fingerprint density at radius 1 is 1.56 bits per heavy atom. The first-order chi connectivity index (χ1) is 4.18. The number of rotatable bonds is 4. The van der Waals surface area contributed by atoms with Crippen LogP contribution in [0.2, 0.25) is 0 Å². The van der Waals surface area contributed by atoms with E-state index in [-0.39, 0.29) is 0 Å². The molecular weight excluding hydrogens is 108 g/mol. The second-order valence-corrected chi connectivity index (χ2v) is 2.79. The zero-order valence-electron chi connectivity index (χ0n) is 6.78. The van der Waals surface area contributed by atoms with E-state index in [1.807, 2.05) is 6.92 Å². The highest BCUT2D eigenvalue weighted by Crippen LogP contribution is 2.14. The topological polar surface area (TPSA) is 0 Å². The summed E-state index contributed by atoms with van der Waals surface area (Å²) in [6.07, 6.45) is 3.83. The highest BCUT2D eigenvalue weighted by Gasteiger charge is 1.99. The Balaban J connectivity index is 3.27. The van der Waals surface area contributed by atoms with Crippen LogP contribution in [-0.2, 0) is 0 Å². The molecule has 0 fully saturated rings. The van der Waals surface area contributed by atoms with E-state index in [1.54, 1.807) is 0 Å². The minimum atomic E-state index is 0.616. The molecule has 0 aliphatic carbocycles. The zero-order chi connectivity index (χ0) is 7.28. The van der Waals surface area contributed by atoms with Gasteiger partial charge >= 0.3 is 0 Å². The molecule has 0 aliphatic heterocycles. The fourth-order valence-electron chi connectivity index (χ4n) is 0.738. The Labute approximate surface area is 59.0 Å². The van der Waals surface area contributed by atoms with Gasteiger partial charge in [-0.1, -0.05) is 38.8 Å². The van der Waals surface area contributed by atoms with E-state index in [0.29, 0.717) is 5.92 Å². The van der Waals surface area contributed by atoms with Gasteiger partial charge in [0.1, 0.15) is 0 Å². The Morgan fingerprint density at radius 3 is 2.44 bits per heavy atom. The third-order valence-electron chi connectivity index (χ3n) is 1.77. The summed E-state index contributed by atoms with van der Waals surface area (Å²) in [5, 5.41) is 0. The lowest BCUT2D eigenvalue weighted by Crippen LogP contribution is -1.93. The molecule has 0 aromatic carbocycles. The van der Waals surface area contributed by atoms with Gasteiger partial charge < -0.3 is 0 Å². The largest absolute Gasteiger partial charge is 0.0705 e. The molecule has 53 valence electrons. The first-order valence-corrected chi connectivity index (χ1v) is 3.77. The molecule has 1 radical (unpaired) electrons. The third-order valence-corrected chi connectivity index (χ3v) is 1.77. The van der Waals surface area contributed by atoms with Crippen molar-refractivity contribution in [3.63, 3.8) is 0 Å². The predicted octanol–water partition coefficient (Wildman–Crippen LogP) is 3.19. The van der Waals surface area contributed by atoms with E-state index >= 15 is 0 Å². The summed E-state index contributed by atoms with van der Waals surface area (Å²) >= 11 is 0. The van der Waals surface area contributed by atoms with Crippen LogP contribution < -0.4 is 0 Å². The zero-order valence-corrected chi connectivity index (χ0v) is 6.78. The molecule has 0 aromatic heterocycles. The molecule has 0 nitrogen and oxygen atoms in total. The lowest BCUT2D eigenvalue weighted by molar-refractivity contribution is 0.572. The normalized spacial score (nSPS) is 13.2. The molecule has 0 saturated heterocycles. The summed E-state index contributed by atoms with van der Waals surface area (Å²) in [5.74, 6) is 0.616. The first-order valence-electron chi connectivity index (χ1n) is 3.77. The summed E-state index contributed by atoms with van der Waals surface area (Å²) in [5.41, 5.74) is 1.07. The van der Waals surface area contributed by atoms with Gasteiger partial charge in [0.2, 0.25) is 0 Å². The van der Waals surface area contributed by atoms with E-state index in [0.717, 1.165) is 5.57 Å². The van der Waals surface area contributed by atoms with Gasteiger partial charge in [0.15, 0.2) is 0 Å². The van der Waals surface area contributed by atoms with Crippen molar-refractivity contribution >= 4 is 0 Å². The molecule has 0 heterocycles. The Bertz CT molecular complexity index is 82.0. The molecule has 0 aromatic rings. The number of hydrogen-bond donors (Lipinski definition) is 0. The van der Waals surface area contributed by atoms with Crippen LogP contribution in [0.3, 0.4) is 0 Å². The maximum atomic E-state index is 5.59. The highest BCUT2D eigenvalue weighted by atomic mass is 14.0. The van der Waals surface area contributed by atoms with Crippen LogP contribution in [-0.4, -0.2) is 0 Å². The molecule has 0 heteroatoms. The minimum Gasteiger partial charge on any atom is -0.0705 e. The van der Waals surface area contributed by atoms with Crippen molar-refractivity contribution in [1.82, 2.24) is 0 Å². The van der Waals surface area contributed by atoms with Gasteiger partial charge in [-0.25, -0.2) is 0 Å². The van der Waals surface area contributed by atoms with Gasteiger partial charge in [0, 0.05) is 0 Å². The van der Waals surface area contributed by atoms with E-state index in [9.17, 15) is 0 Å². The van der Waals surface area contributed by atoms with Crippen LogP contribution >= 0.6 is 0 Å². The molecule has 9 heavy (non-hydrogen) atoms. The lowest BCUT2D eigenvalue weighted by atomic mass is 9.98.